The van der Waals surface area contributed by atoms with Crippen molar-refractivity contribution in [3.63, 3.8) is 0 Å². The van der Waals surface area contributed by atoms with Crippen LogP contribution in [0.5, 0.6) is 0 Å². The molecule has 0 aliphatic heterocycles. The summed E-state index contributed by atoms with van der Waals surface area (Å²) >= 11 is 23.7. The number of H-pyrrole nitrogens is 1. The van der Waals surface area contributed by atoms with Gasteiger partial charge in [0, 0.05) is 5.02 Å². The number of fused-ring (bicyclic) bond motifs is 1. The molecular formula is C13H7Cl3N2S. The molecule has 2 aromatic carbocycles. The zero-order chi connectivity index (χ0) is 13.6. The van der Waals surface area contributed by atoms with Crippen LogP contribution in [0.15, 0.2) is 36.4 Å². The lowest BCUT2D eigenvalue weighted by Gasteiger charge is -2.07. The van der Waals surface area contributed by atoms with E-state index in [0.717, 1.165) is 16.7 Å². The Morgan fingerprint density at radius 2 is 1.79 bits per heavy atom. The summed E-state index contributed by atoms with van der Waals surface area (Å²) in [6.07, 6.45) is 0. The van der Waals surface area contributed by atoms with Gasteiger partial charge in [0.15, 0.2) is 4.77 Å². The van der Waals surface area contributed by atoms with E-state index in [-0.39, 0.29) is 0 Å². The van der Waals surface area contributed by atoms with Crippen molar-refractivity contribution in [2.45, 2.75) is 0 Å². The van der Waals surface area contributed by atoms with Gasteiger partial charge in [-0.1, -0.05) is 40.9 Å². The fourth-order valence-electron chi connectivity index (χ4n) is 1.99. The van der Waals surface area contributed by atoms with Gasteiger partial charge in [0.1, 0.15) is 0 Å². The maximum absolute atomic E-state index is 6.23. The molecule has 3 rings (SSSR count). The molecule has 0 aliphatic carbocycles. The molecule has 1 heterocycles. The number of aromatic amines is 1. The van der Waals surface area contributed by atoms with E-state index in [4.69, 9.17) is 47.0 Å². The van der Waals surface area contributed by atoms with Gasteiger partial charge in [-0.15, -0.1) is 0 Å². The van der Waals surface area contributed by atoms with Crippen LogP contribution in [-0.4, -0.2) is 9.55 Å². The number of nitrogens with one attached hydrogen (secondary N) is 1. The molecule has 19 heavy (non-hydrogen) atoms. The summed E-state index contributed by atoms with van der Waals surface area (Å²) < 4.78 is 2.34. The lowest BCUT2D eigenvalue weighted by molar-refractivity contribution is 1.07. The summed E-state index contributed by atoms with van der Waals surface area (Å²) in [4.78, 5) is 3.08. The van der Waals surface area contributed by atoms with Crippen LogP contribution in [0.2, 0.25) is 15.1 Å². The van der Waals surface area contributed by atoms with E-state index in [2.05, 4.69) is 4.98 Å². The summed E-state index contributed by atoms with van der Waals surface area (Å²) in [5, 5.41) is 1.78. The second-order valence-electron chi connectivity index (χ2n) is 4.00. The normalized spacial score (nSPS) is 11.1. The average Bonchev–Trinajstić information content (AvgIpc) is 2.70. The number of rotatable bonds is 1. The molecule has 0 unspecified atom stereocenters. The molecule has 0 aliphatic rings. The molecule has 0 bridgehead atoms. The first-order valence-electron chi connectivity index (χ1n) is 5.42. The summed E-state index contributed by atoms with van der Waals surface area (Å²) in [7, 11) is 0. The van der Waals surface area contributed by atoms with Crippen molar-refractivity contribution < 1.29 is 0 Å². The molecule has 96 valence electrons. The first-order chi connectivity index (χ1) is 9.08. The first kappa shape index (κ1) is 13.0. The number of benzene rings is 2. The minimum absolute atomic E-state index is 0.521. The van der Waals surface area contributed by atoms with Crippen molar-refractivity contribution in [3.8, 4) is 5.69 Å². The number of hydrogen-bond acceptors (Lipinski definition) is 1. The van der Waals surface area contributed by atoms with Crippen molar-refractivity contribution in [1.29, 1.82) is 0 Å². The van der Waals surface area contributed by atoms with Crippen molar-refractivity contribution in [2.75, 3.05) is 0 Å². The molecule has 1 N–H and O–H groups in total. The van der Waals surface area contributed by atoms with Gasteiger partial charge in [0.2, 0.25) is 0 Å². The van der Waals surface area contributed by atoms with Crippen LogP contribution in [0, 0.1) is 4.77 Å². The molecule has 0 saturated heterocycles. The van der Waals surface area contributed by atoms with Gasteiger partial charge in [-0.3, -0.25) is 4.57 Å². The van der Waals surface area contributed by atoms with Crippen LogP contribution in [0.25, 0.3) is 16.7 Å². The second-order valence-corrected chi connectivity index (χ2v) is 5.63. The molecule has 0 fully saturated rings. The highest BCUT2D eigenvalue weighted by Gasteiger charge is 2.11. The van der Waals surface area contributed by atoms with E-state index in [1.807, 2.05) is 16.7 Å². The SMILES string of the molecule is S=c1[nH]c2c(Cl)cccc2n1-c1cc(Cl)ccc1Cl. The third kappa shape index (κ3) is 2.17. The number of imidazole rings is 1. The Morgan fingerprint density at radius 3 is 2.58 bits per heavy atom. The highest BCUT2D eigenvalue weighted by Crippen LogP contribution is 2.30. The zero-order valence-corrected chi connectivity index (χ0v) is 12.5. The van der Waals surface area contributed by atoms with Crippen molar-refractivity contribution >= 4 is 58.1 Å². The lowest BCUT2D eigenvalue weighted by Crippen LogP contribution is -1.95. The minimum atomic E-state index is 0.521. The van der Waals surface area contributed by atoms with Crippen LogP contribution in [0.4, 0.5) is 0 Å². The maximum Gasteiger partial charge on any atom is 0.182 e. The van der Waals surface area contributed by atoms with Gasteiger partial charge in [0.05, 0.1) is 26.8 Å². The van der Waals surface area contributed by atoms with Gasteiger partial charge in [-0.25, -0.2) is 0 Å². The molecule has 6 heteroatoms. The third-order valence-electron chi connectivity index (χ3n) is 2.82. The molecule has 2 nitrogen and oxygen atoms in total. The molecule has 1 aromatic heterocycles. The van der Waals surface area contributed by atoms with Gasteiger partial charge in [-0.2, -0.15) is 0 Å². The van der Waals surface area contributed by atoms with Crippen molar-refractivity contribution in [2.24, 2.45) is 0 Å². The second kappa shape index (κ2) is 4.84. The lowest BCUT2D eigenvalue weighted by atomic mass is 10.3. The third-order valence-corrected chi connectivity index (χ3v) is 3.97. The molecule has 0 spiro atoms. The van der Waals surface area contributed by atoms with Crippen LogP contribution < -0.4 is 0 Å². The summed E-state index contributed by atoms with van der Waals surface area (Å²) in [5.74, 6) is 0. The Bertz CT molecular complexity index is 836. The average molecular weight is 330 g/mol. The fraction of sp³-hybridized carbons (Fsp3) is 0. The summed E-state index contributed by atoms with van der Waals surface area (Å²) in [5.41, 5.74) is 2.37. The van der Waals surface area contributed by atoms with Crippen LogP contribution in [0.3, 0.4) is 0 Å². The Kier molecular flexibility index (Phi) is 3.31. The van der Waals surface area contributed by atoms with E-state index in [1.165, 1.54) is 0 Å². The van der Waals surface area contributed by atoms with E-state index >= 15 is 0 Å². The molecular weight excluding hydrogens is 323 g/mol. The molecule has 3 aromatic rings. The zero-order valence-electron chi connectivity index (χ0n) is 9.45. The van der Waals surface area contributed by atoms with Gasteiger partial charge < -0.3 is 4.98 Å². The summed E-state index contributed by atoms with van der Waals surface area (Å²) in [6, 6.07) is 10.8. The Balaban J connectivity index is 2.43. The Labute approximate surface area is 129 Å². The van der Waals surface area contributed by atoms with Gasteiger partial charge in [0.25, 0.3) is 0 Å². The van der Waals surface area contributed by atoms with E-state index in [0.29, 0.717) is 19.8 Å². The smallest absolute Gasteiger partial charge is 0.182 e. The highest BCUT2D eigenvalue weighted by atomic mass is 35.5. The van der Waals surface area contributed by atoms with Crippen molar-refractivity contribution in [1.82, 2.24) is 9.55 Å². The topological polar surface area (TPSA) is 20.7 Å². The molecule has 0 amide bonds. The monoisotopic (exact) mass is 328 g/mol. The van der Waals surface area contributed by atoms with Gasteiger partial charge in [-0.05, 0) is 42.5 Å². The van der Waals surface area contributed by atoms with E-state index in [9.17, 15) is 0 Å². The quantitative estimate of drug-likeness (QED) is 0.572. The molecule has 0 atom stereocenters. The van der Waals surface area contributed by atoms with Crippen molar-refractivity contribution in [3.05, 3.63) is 56.2 Å². The molecule has 0 radical (unpaired) electrons. The highest BCUT2D eigenvalue weighted by molar-refractivity contribution is 7.71. The first-order valence-corrected chi connectivity index (χ1v) is 6.97. The number of halogens is 3. The van der Waals surface area contributed by atoms with Crippen LogP contribution in [0.1, 0.15) is 0 Å². The number of para-hydroxylation sites is 1. The largest absolute Gasteiger partial charge is 0.329 e. The van der Waals surface area contributed by atoms with E-state index < -0.39 is 0 Å². The number of aromatic nitrogens is 2. The Morgan fingerprint density at radius 1 is 1.00 bits per heavy atom. The summed E-state index contributed by atoms with van der Waals surface area (Å²) in [6.45, 7) is 0. The minimum Gasteiger partial charge on any atom is -0.329 e. The Hall–Kier alpha value is -1.000. The van der Waals surface area contributed by atoms with E-state index in [1.54, 1.807) is 24.3 Å². The van der Waals surface area contributed by atoms with Crippen LogP contribution in [-0.2, 0) is 0 Å². The maximum atomic E-state index is 6.23. The standard InChI is InChI=1S/C13H7Cl3N2S/c14-7-4-5-8(15)11(6-7)18-10-3-1-2-9(16)12(10)17-13(18)19/h1-6H,(H,17,19). The fourth-order valence-corrected chi connectivity index (χ4v) is 2.88. The van der Waals surface area contributed by atoms with Crippen LogP contribution >= 0.6 is 47.0 Å². The predicted molar refractivity (Wildman–Crippen MR) is 83.5 cm³/mol. The number of nitrogens with zero attached hydrogens (tertiary/aromatic N) is 1. The van der Waals surface area contributed by atoms with Gasteiger partial charge >= 0.3 is 0 Å². The molecule has 0 saturated carbocycles. The number of hydrogen-bond donors (Lipinski definition) is 1. The predicted octanol–water partition coefficient (Wildman–Crippen LogP) is 5.65.